The number of benzene rings is 1. The van der Waals surface area contributed by atoms with Gasteiger partial charge in [0.1, 0.15) is 6.04 Å². The third kappa shape index (κ3) is 7.72. The van der Waals surface area contributed by atoms with E-state index in [0.29, 0.717) is 28.8 Å². The number of carboxylic acids is 1. The largest absolute Gasteiger partial charge is 0.480 e. The molecule has 1 unspecified atom stereocenters. The van der Waals surface area contributed by atoms with Crippen molar-refractivity contribution in [3.63, 3.8) is 0 Å². The summed E-state index contributed by atoms with van der Waals surface area (Å²) in [5.41, 5.74) is 0.398. The minimum Gasteiger partial charge on any atom is -0.480 e. The van der Waals surface area contributed by atoms with E-state index < -0.39 is 12.0 Å². The van der Waals surface area contributed by atoms with Crippen molar-refractivity contribution in [3.05, 3.63) is 28.2 Å². The van der Waals surface area contributed by atoms with Gasteiger partial charge in [0.05, 0.1) is 10.7 Å². The minimum absolute atomic E-state index is 0.0700. The lowest BCUT2D eigenvalue weighted by Crippen LogP contribution is -2.44. The third-order valence-corrected chi connectivity index (χ3v) is 4.07. The topological polar surface area (TPSA) is 98.7 Å². The van der Waals surface area contributed by atoms with E-state index in [1.165, 1.54) is 19.9 Å². The van der Waals surface area contributed by atoms with E-state index >= 15 is 0 Å². The standard InChI is InChI=1S/C16H21Cl2N3O4/c1-10(16(24)25)21(8-6-19-11(2)22)7-5-15(23)20-14-9-12(17)3-4-13(14)18/h3-4,9-10H,5-8H2,1-2H3,(H,19,22)(H,20,23)(H,24,25). The molecule has 0 spiro atoms. The van der Waals surface area contributed by atoms with Gasteiger partial charge < -0.3 is 15.7 Å². The first-order valence-electron chi connectivity index (χ1n) is 7.67. The summed E-state index contributed by atoms with van der Waals surface area (Å²) in [5, 5.41) is 15.2. The van der Waals surface area contributed by atoms with Gasteiger partial charge in [-0.3, -0.25) is 19.3 Å². The highest BCUT2D eigenvalue weighted by molar-refractivity contribution is 6.35. The Morgan fingerprint density at radius 2 is 1.92 bits per heavy atom. The quantitative estimate of drug-likeness (QED) is 0.601. The lowest BCUT2D eigenvalue weighted by atomic mass is 10.2. The maximum atomic E-state index is 12.1. The van der Waals surface area contributed by atoms with Crippen LogP contribution in [0.4, 0.5) is 5.69 Å². The van der Waals surface area contributed by atoms with E-state index in [2.05, 4.69) is 10.6 Å². The van der Waals surface area contributed by atoms with Crippen LogP contribution in [-0.4, -0.2) is 53.5 Å². The zero-order chi connectivity index (χ0) is 19.0. The lowest BCUT2D eigenvalue weighted by molar-refractivity contribution is -0.142. The number of nitrogens with one attached hydrogen (secondary N) is 2. The van der Waals surface area contributed by atoms with E-state index in [4.69, 9.17) is 28.3 Å². The van der Waals surface area contributed by atoms with Crippen molar-refractivity contribution in [2.45, 2.75) is 26.3 Å². The molecule has 0 heterocycles. The number of carboxylic acid groups (broad SMARTS) is 1. The van der Waals surface area contributed by atoms with Gasteiger partial charge in [-0.1, -0.05) is 23.2 Å². The molecular weight excluding hydrogens is 369 g/mol. The van der Waals surface area contributed by atoms with Gasteiger partial charge in [-0.15, -0.1) is 0 Å². The molecular formula is C16H21Cl2N3O4. The Labute approximate surface area is 156 Å². The van der Waals surface area contributed by atoms with Crippen molar-refractivity contribution in [3.8, 4) is 0 Å². The predicted molar refractivity (Wildman–Crippen MR) is 97.1 cm³/mol. The lowest BCUT2D eigenvalue weighted by Gasteiger charge is -2.26. The summed E-state index contributed by atoms with van der Waals surface area (Å²) in [6, 6.07) is 3.94. The van der Waals surface area contributed by atoms with Crippen LogP contribution >= 0.6 is 23.2 Å². The molecule has 2 amide bonds. The molecule has 25 heavy (non-hydrogen) atoms. The van der Waals surface area contributed by atoms with Crippen molar-refractivity contribution in [2.75, 3.05) is 25.0 Å². The molecule has 0 aromatic heterocycles. The Kier molecular flexibility index (Phi) is 8.68. The first kappa shape index (κ1) is 21.2. The zero-order valence-corrected chi connectivity index (χ0v) is 15.5. The smallest absolute Gasteiger partial charge is 0.320 e. The van der Waals surface area contributed by atoms with Crippen molar-refractivity contribution in [1.29, 1.82) is 0 Å². The van der Waals surface area contributed by atoms with E-state index in [1.807, 2.05) is 0 Å². The SMILES string of the molecule is CC(=O)NCCN(CCC(=O)Nc1cc(Cl)ccc1Cl)C(C)C(=O)O. The Bertz CT molecular complexity index is 640. The van der Waals surface area contributed by atoms with E-state index in [0.717, 1.165) is 0 Å². The number of carbonyl (C=O) groups excluding carboxylic acids is 2. The van der Waals surface area contributed by atoms with Crippen LogP contribution in [0.3, 0.4) is 0 Å². The van der Waals surface area contributed by atoms with Crippen LogP contribution in [0.25, 0.3) is 0 Å². The second kappa shape index (κ2) is 10.2. The van der Waals surface area contributed by atoms with Crippen LogP contribution in [0.5, 0.6) is 0 Å². The molecule has 3 N–H and O–H groups in total. The Balaban J connectivity index is 2.61. The molecule has 7 nitrogen and oxygen atoms in total. The molecule has 1 atom stereocenters. The number of carbonyl (C=O) groups is 3. The van der Waals surface area contributed by atoms with Crippen LogP contribution in [0.2, 0.25) is 10.0 Å². The zero-order valence-electron chi connectivity index (χ0n) is 14.0. The Morgan fingerprint density at radius 3 is 2.52 bits per heavy atom. The van der Waals surface area contributed by atoms with Crippen molar-refractivity contribution >= 4 is 46.7 Å². The van der Waals surface area contributed by atoms with Gasteiger partial charge in [0.2, 0.25) is 11.8 Å². The van der Waals surface area contributed by atoms with Crippen LogP contribution < -0.4 is 10.6 Å². The number of anilines is 1. The summed E-state index contributed by atoms with van der Waals surface area (Å²) in [4.78, 5) is 35.8. The van der Waals surface area contributed by atoms with Crippen LogP contribution in [0, 0.1) is 0 Å². The molecule has 0 bridgehead atoms. The molecule has 0 aliphatic heterocycles. The molecule has 0 aliphatic carbocycles. The summed E-state index contributed by atoms with van der Waals surface area (Å²) in [7, 11) is 0. The second-order valence-corrected chi connectivity index (χ2v) is 6.30. The Morgan fingerprint density at radius 1 is 1.24 bits per heavy atom. The molecule has 0 saturated carbocycles. The van der Waals surface area contributed by atoms with E-state index in [-0.39, 0.29) is 24.8 Å². The maximum absolute atomic E-state index is 12.1. The van der Waals surface area contributed by atoms with Gasteiger partial charge >= 0.3 is 5.97 Å². The predicted octanol–water partition coefficient (Wildman–Crippen LogP) is 2.23. The summed E-state index contributed by atoms with van der Waals surface area (Å²) >= 11 is 11.9. The number of nitrogens with zero attached hydrogens (tertiary/aromatic N) is 1. The second-order valence-electron chi connectivity index (χ2n) is 5.46. The number of rotatable bonds is 9. The fourth-order valence-corrected chi connectivity index (χ4v) is 2.42. The normalized spacial score (nSPS) is 11.9. The molecule has 0 saturated heterocycles. The molecule has 0 radical (unpaired) electrons. The van der Waals surface area contributed by atoms with Crippen molar-refractivity contribution < 1.29 is 19.5 Å². The van der Waals surface area contributed by atoms with Crippen LogP contribution in [0.1, 0.15) is 20.3 Å². The average Bonchev–Trinajstić information content (AvgIpc) is 2.53. The molecule has 1 aromatic carbocycles. The highest BCUT2D eigenvalue weighted by Crippen LogP contribution is 2.25. The van der Waals surface area contributed by atoms with Crippen molar-refractivity contribution in [2.24, 2.45) is 0 Å². The third-order valence-electron chi connectivity index (χ3n) is 3.51. The first-order valence-corrected chi connectivity index (χ1v) is 8.42. The molecule has 1 rings (SSSR count). The summed E-state index contributed by atoms with van der Waals surface area (Å²) in [5.74, 6) is -1.51. The fourth-order valence-electron chi connectivity index (χ4n) is 2.08. The van der Waals surface area contributed by atoms with E-state index in [1.54, 1.807) is 17.0 Å². The summed E-state index contributed by atoms with van der Waals surface area (Å²) in [6.45, 7) is 3.75. The van der Waals surface area contributed by atoms with Crippen molar-refractivity contribution in [1.82, 2.24) is 10.2 Å². The minimum atomic E-state index is -0.999. The van der Waals surface area contributed by atoms with Crippen LogP contribution in [0.15, 0.2) is 18.2 Å². The number of hydrogen-bond acceptors (Lipinski definition) is 4. The molecule has 1 aromatic rings. The first-order chi connectivity index (χ1) is 11.7. The summed E-state index contributed by atoms with van der Waals surface area (Å²) < 4.78 is 0. The fraction of sp³-hybridized carbons (Fsp3) is 0.438. The highest BCUT2D eigenvalue weighted by Gasteiger charge is 2.21. The van der Waals surface area contributed by atoms with Crippen LogP contribution in [-0.2, 0) is 14.4 Å². The monoisotopic (exact) mass is 389 g/mol. The van der Waals surface area contributed by atoms with Gasteiger partial charge in [0, 0.05) is 38.0 Å². The maximum Gasteiger partial charge on any atom is 0.320 e. The van der Waals surface area contributed by atoms with Gasteiger partial charge in [-0.05, 0) is 25.1 Å². The molecule has 0 fully saturated rings. The van der Waals surface area contributed by atoms with Gasteiger partial charge in [-0.25, -0.2) is 0 Å². The van der Waals surface area contributed by atoms with Gasteiger partial charge in [0.15, 0.2) is 0 Å². The summed E-state index contributed by atoms with van der Waals surface area (Å²) in [6.07, 6.45) is 0.0700. The number of amides is 2. The molecule has 9 heteroatoms. The molecule has 0 aliphatic rings. The van der Waals surface area contributed by atoms with E-state index in [9.17, 15) is 14.4 Å². The number of hydrogen-bond donors (Lipinski definition) is 3. The highest BCUT2D eigenvalue weighted by atomic mass is 35.5. The van der Waals surface area contributed by atoms with Gasteiger partial charge in [0.25, 0.3) is 0 Å². The number of aliphatic carboxylic acids is 1. The number of halogens is 2. The molecule has 138 valence electrons. The van der Waals surface area contributed by atoms with Gasteiger partial charge in [-0.2, -0.15) is 0 Å². The average molecular weight is 390 g/mol. The Hall–Kier alpha value is -1.83.